The van der Waals surface area contributed by atoms with E-state index >= 15 is 0 Å². The van der Waals surface area contributed by atoms with Crippen molar-refractivity contribution in [1.82, 2.24) is 15.1 Å². The minimum absolute atomic E-state index is 0.135. The first kappa shape index (κ1) is 18.6. The van der Waals surface area contributed by atoms with Crippen LogP contribution in [0.2, 0.25) is 0 Å². The Balaban J connectivity index is 2.08. The fourth-order valence-corrected chi connectivity index (χ4v) is 2.60. The highest BCUT2D eigenvalue weighted by molar-refractivity contribution is 5.85. The molecule has 2 aromatic rings. The van der Waals surface area contributed by atoms with Crippen LogP contribution in [-0.2, 0) is 22.4 Å². The maximum absolute atomic E-state index is 12.8. The van der Waals surface area contributed by atoms with Gasteiger partial charge >= 0.3 is 12.5 Å². The number of amides is 1. The van der Waals surface area contributed by atoms with E-state index in [1.807, 2.05) is 6.07 Å². The fourth-order valence-electron chi connectivity index (χ4n) is 2.60. The van der Waals surface area contributed by atoms with Crippen LogP contribution in [0.4, 0.5) is 8.78 Å². The van der Waals surface area contributed by atoms with Gasteiger partial charge in [0.25, 0.3) is 0 Å². The maximum atomic E-state index is 12.8. The van der Waals surface area contributed by atoms with Crippen LogP contribution in [-0.4, -0.2) is 32.8 Å². The Bertz CT molecular complexity index is 760. The summed E-state index contributed by atoms with van der Waals surface area (Å²) in [6.45, 7) is 0.195. The second kappa shape index (κ2) is 7.87. The lowest BCUT2D eigenvalue weighted by Crippen LogP contribution is -2.43. The molecule has 1 atom stereocenters. The van der Waals surface area contributed by atoms with E-state index in [-0.39, 0.29) is 18.5 Å². The predicted octanol–water partition coefficient (Wildman–Crippen LogP) is 2.25. The summed E-state index contributed by atoms with van der Waals surface area (Å²) in [5, 5.41) is 15.5. The minimum atomic E-state index is -2.79. The second-order valence-corrected chi connectivity index (χ2v) is 5.70. The van der Waals surface area contributed by atoms with Crippen LogP contribution in [0.5, 0.6) is 0 Å². The first-order chi connectivity index (χ1) is 11.8. The standard InChI is InChI=1S/C17H19F2N3O3/c1-10-13(11(2)22(21-10)17(18)19)9-15(23)20-14(16(24)25)8-12-6-4-3-5-7-12/h3-7,14,17H,8-9H2,1-2H3,(H,20,23)(H,24,25). The van der Waals surface area contributed by atoms with Gasteiger partial charge in [-0.05, 0) is 19.4 Å². The van der Waals surface area contributed by atoms with Crippen LogP contribution >= 0.6 is 0 Å². The van der Waals surface area contributed by atoms with E-state index in [0.717, 1.165) is 5.56 Å². The molecule has 0 saturated heterocycles. The topological polar surface area (TPSA) is 84.2 Å². The minimum Gasteiger partial charge on any atom is -0.480 e. The molecule has 0 saturated carbocycles. The zero-order valence-corrected chi connectivity index (χ0v) is 13.9. The average molecular weight is 351 g/mol. The number of carboxylic acids is 1. The number of aromatic nitrogens is 2. The van der Waals surface area contributed by atoms with Gasteiger partial charge in [-0.2, -0.15) is 13.9 Å². The molecule has 0 aliphatic rings. The quantitative estimate of drug-likeness (QED) is 0.801. The molecule has 1 aromatic heterocycles. The van der Waals surface area contributed by atoms with Gasteiger partial charge in [-0.25, -0.2) is 9.48 Å². The summed E-state index contributed by atoms with van der Waals surface area (Å²) < 4.78 is 26.2. The molecule has 8 heteroatoms. The molecule has 0 aliphatic carbocycles. The molecule has 1 heterocycles. The number of carboxylic acid groups (broad SMARTS) is 1. The average Bonchev–Trinajstić information content (AvgIpc) is 2.83. The fraction of sp³-hybridized carbons (Fsp3) is 0.353. The van der Waals surface area contributed by atoms with Gasteiger partial charge in [-0.3, -0.25) is 4.79 Å². The normalized spacial score (nSPS) is 12.2. The third kappa shape index (κ3) is 4.62. The van der Waals surface area contributed by atoms with Gasteiger partial charge in [0.15, 0.2) is 0 Å². The number of benzene rings is 1. The van der Waals surface area contributed by atoms with Crippen molar-refractivity contribution in [2.45, 2.75) is 39.3 Å². The summed E-state index contributed by atoms with van der Waals surface area (Å²) in [6.07, 6.45) is -0.0703. The summed E-state index contributed by atoms with van der Waals surface area (Å²) in [5.74, 6) is -1.71. The Morgan fingerprint density at radius 2 is 1.88 bits per heavy atom. The lowest BCUT2D eigenvalue weighted by Gasteiger charge is -2.15. The molecule has 2 N–H and O–H groups in total. The second-order valence-electron chi connectivity index (χ2n) is 5.70. The number of aliphatic carboxylic acids is 1. The monoisotopic (exact) mass is 351 g/mol. The van der Waals surface area contributed by atoms with Crippen molar-refractivity contribution in [3.8, 4) is 0 Å². The van der Waals surface area contributed by atoms with E-state index in [4.69, 9.17) is 0 Å². The third-order valence-corrected chi connectivity index (χ3v) is 3.91. The number of carbonyl (C=O) groups is 2. The van der Waals surface area contributed by atoms with Gasteiger partial charge in [0, 0.05) is 17.7 Å². The molecule has 0 fully saturated rings. The van der Waals surface area contributed by atoms with E-state index < -0.39 is 24.5 Å². The molecule has 6 nitrogen and oxygen atoms in total. The van der Waals surface area contributed by atoms with E-state index in [1.165, 1.54) is 13.8 Å². The maximum Gasteiger partial charge on any atom is 0.333 e. The van der Waals surface area contributed by atoms with Crippen LogP contribution in [0.3, 0.4) is 0 Å². The van der Waals surface area contributed by atoms with E-state index in [2.05, 4.69) is 10.4 Å². The molecule has 0 aliphatic heterocycles. The lowest BCUT2D eigenvalue weighted by molar-refractivity contribution is -0.141. The predicted molar refractivity (Wildman–Crippen MR) is 86.4 cm³/mol. The summed E-state index contributed by atoms with van der Waals surface area (Å²) in [6, 6.07) is 7.81. The Morgan fingerprint density at radius 1 is 1.24 bits per heavy atom. The number of aryl methyl sites for hydroxylation is 1. The molecule has 1 unspecified atom stereocenters. The van der Waals surface area contributed by atoms with Crippen molar-refractivity contribution >= 4 is 11.9 Å². The van der Waals surface area contributed by atoms with Crippen molar-refractivity contribution in [1.29, 1.82) is 0 Å². The molecule has 0 radical (unpaired) electrons. The molecule has 1 amide bonds. The number of carbonyl (C=O) groups excluding carboxylic acids is 1. The first-order valence-electron chi connectivity index (χ1n) is 7.68. The van der Waals surface area contributed by atoms with Crippen LogP contribution in [0, 0.1) is 13.8 Å². The van der Waals surface area contributed by atoms with Gasteiger partial charge in [0.2, 0.25) is 5.91 Å². The zero-order chi connectivity index (χ0) is 18.6. The number of nitrogens with zero attached hydrogens (tertiary/aromatic N) is 2. The lowest BCUT2D eigenvalue weighted by atomic mass is 10.0. The van der Waals surface area contributed by atoms with E-state index in [0.29, 0.717) is 15.9 Å². The van der Waals surface area contributed by atoms with Crippen molar-refractivity contribution in [2.24, 2.45) is 0 Å². The summed E-state index contributed by atoms with van der Waals surface area (Å²) in [5.41, 5.74) is 1.66. The van der Waals surface area contributed by atoms with E-state index in [9.17, 15) is 23.5 Å². The van der Waals surface area contributed by atoms with Crippen LogP contribution in [0.25, 0.3) is 0 Å². The summed E-state index contributed by atoms with van der Waals surface area (Å²) in [4.78, 5) is 23.6. The van der Waals surface area contributed by atoms with Gasteiger partial charge in [0.1, 0.15) is 6.04 Å². The third-order valence-electron chi connectivity index (χ3n) is 3.91. The molecular formula is C17H19F2N3O3. The molecule has 1 aromatic carbocycles. The number of halogens is 2. The SMILES string of the molecule is Cc1nn(C(F)F)c(C)c1CC(=O)NC(Cc1ccccc1)C(=O)O. The number of hydrogen-bond donors (Lipinski definition) is 2. The molecule has 2 rings (SSSR count). The number of rotatable bonds is 7. The zero-order valence-electron chi connectivity index (χ0n) is 13.9. The Hall–Kier alpha value is -2.77. The number of alkyl halides is 2. The molecule has 0 spiro atoms. The first-order valence-corrected chi connectivity index (χ1v) is 7.68. The van der Waals surface area contributed by atoms with Crippen molar-refractivity contribution in [3.05, 3.63) is 52.8 Å². The van der Waals surface area contributed by atoms with Crippen molar-refractivity contribution < 1.29 is 23.5 Å². The highest BCUT2D eigenvalue weighted by Gasteiger charge is 2.23. The largest absolute Gasteiger partial charge is 0.480 e. The highest BCUT2D eigenvalue weighted by Crippen LogP contribution is 2.19. The van der Waals surface area contributed by atoms with Crippen LogP contribution in [0.15, 0.2) is 30.3 Å². The van der Waals surface area contributed by atoms with Crippen molar-refractivity contribution in [3.63, 3.8) is 0 Å². The molecule has 25 heavy (non-hydrogen) atoms. The number of hydrogen-bond acceptors (Lipinski definition) is 3. The van der Waals surface area contributed by atoms with Crippen LogP contribution in [0.1, 0.15) is 29.1 Å². The smallest absolute Gasteiger partial charge is 0.333 e. The van der Waals surface area contributed by atoms with E-state index in [1.54, 1.807) is 24.3 Å². The molecular weight excluding hydrogens is 332 g/mol. The van der Waals surface area contributed by atoms with Gasteiger partial charge in [-0.1, -0.05) is 30.3 Å². The number of nitrogens with one attached hydrogen (secondary N) is 1. The Morgan fingerprint density at radius 3 is 2.40 bits per heavy atom. The summed E-state index contributed by atoms with van der Waals surface area (Å²) in [7, 11) is 0. The Labute approximate surface area is 143 Å². The van der Waals surface area contributed by atoms with Gasteiger partial charge in [-0.15, -0.1) is 0 Å². The van der Waals surface area contributed by atoms with Gasteiger partial charge in [0.05, 0.1) is 12.1 Å². The highest BCUT2D eigenvalue weighted by atomic mass is 19.3. The molecule has 134 valence electrons. The van der Waals surface area contributed by atoms with Crippen LogP contribution < -0.4 is 5.32 Å². The van der Waals surface area contributed by atoms with Gasteiger partial charge < -0.3 is 10.4 Å². The summed E-state index contributed by atoms with van der Waals surface area (Å²) >= 11 is 0. The molecule has 0 bridgehead atoms. The Kier molecular flexibility index (Phi) is 5.84. The van der Waals surface area contributed by atoms with Crippen molar-refractivity contribution in [2.75, 3.05) is 0 Å².